The lowest BCUT2D eigenvalue weighted by atomic mass is 10.3. The van der Waals surface area contributed by atoms with E-state index in [1.54, 1.807) is 0 Å². The molecule has 0 aliphatic carbocycles. The van der Waals surface area contributed by atoms with Gasteiger partial charge in [-0.2, -0.15) is 8.78 Å². The number of nitrogens with one attached hydrogen (secondary N) is 1. The third-order valence-corrected chi connectivity index (χ3v) is 4.21. The molecule has 0 atom stereocenters. The normalized spacial score (nSPS) is 12.7. The van der Waals surface area contributed by atoms with Gasteiger partial charge in [-0.15, -0.1) is 0 Å². The highest BCUT2D eigenvalue weighted by Gasteiger charge is 2.54. The summed E-state index contributed by atoms with van der Waals surface area (Å²) in [6.45, 7) is 2.49. The second-order valence-electron chi connectivity index (χ2n) is 3.32. The second kappa shape index (κ2) is 5.73. The van der Waals surface area contributed by atoms with Crippen LogP contribution < -0.4 is 5.56 Å². The van der Waals surface area contributed by atoms with Crippen LogP contribution in [0.15, 0.2) is 23.1 Å². The van der Waals surface area contributed by atoms with Crippen LogP contribution in [0.5, 0.6) is 0 Å². The summed E-state index contributed by atoms with van der Waals surface area (Å²) in [5.74, 6) is 0. The molecule has 1 rings (SSSR count). The summed E-state index contributed by atoms with van der Waals surface area (Å²) in [7, 11) is -4.65. The summed E-state index contributed by atoms with van der Waals surface area (Å²) >= 11 is 0. The first-order valence-corrected chi connectivity index (χ1v) is 6.88. The zero-order valence-electron chi connectivity index (χ0n) is 9.98. The van der Waals surface area contributed by atoms with Crippen molar-refractivity contribution in [3.63, 3.8) is 0 Å². The molecule has 102 valence electrons. The fourth-order valence-electron chi connectivity index (χ4n) is 1.33. The fraction of sp³-hybridized carbons (Fsp3) is 0.500. The van der Waals surface area contributed by atoms with Gasteiger partial charge < -0.3 is 14.0 Å². The first-order chi connectivity index (χ1) is 8.37. The molecule has 1 aromatic heterocycles. The fourth-order valence-corrected chi connectivity index (χ4v) is 2.86. The first-order valence-electron chi connectivity index (χ1n) is 5.33. The van der Waals surface area contributed by atoms with Crippen LogP contribution in [0.2, 0.25) is 0 Å². The molecule has 0 unspecified atom stereocenters. The molecule has 0 saturated carbocycles. The molecule has 0 fully saturated rings. The molecule has 0 spiro atoms. The highest BCUT2D eigenvalue weighted by molar-refractivity contribution is 7.54. The van der Waals surface area contributed by atoms with Crippen molar-refractivity contribution in [3.8, 4) is 0 Å². The Bertz CT molecular complexity index is 493. The van der Waals surface area contributed by atoms with E-state index in [0.29, 0.717) is 6.07 Å². The Kier molecular flexibility index (Phi) is 4.78. The third-order valence-electron chi connectivity index (χ3n) is 2.06. The van der Waals surface area contributed by atoms with E-state index in [4.69, 9.17) is 0 Å². The molecule has 0 aromatic carbocycles. The molecule has 0 aliphatic rings. The first kappa shape index (κ1) is 15.0. The maximum atomic E-state index is 14.1. The highest BCUT2D eigenvalue weighted by atomic mass is 31.2. The van der Waals surface area contributed by atoms with Gasteiger partial charge in [-0.05, 0) is 19.9 Å². The second-order valence-corrected chi connectivity index (χ2v) is 5.39. The smallest absolute Gasteiger partial charge is 0.329 e. The van der Waals surface area contributed by atoms with Crippen molar-refractivity contribution in [2.75, 3.05) is 13.2 Å². The van der Waals surface area contributed by atoms with Gasteiger partial charge in [0.05, 0.1) is 13.2 Å². The van der Waals surface area contributed by atoms with Crippen molar-refractivity contribution in [2.24, 2.45) is 0 Å². The topological polar surface area (TPSA) is 68.4 Å². The summed E-state index contributed by atoms with van der Waals surface area (Å²) in [6, 6.07) is 1.64. The van der Waals surface area contributed by atoms with Crippen LogP contribution in [-0.2, 0) is 19.3 Å². The van der Waals surface area contributed by atoms with Gasteiger partial charge in [-0.3, -0.25) is 9.36 Å². The van der Waals surface area contributed by atoms with E-state index < -0.39 is 24.4 Å². The average Bonchev–Trinajstić information content (AvgIpc) is 2.29. The van der Waals surface area contributed by atoms with E-state index in [1.807, 2.05) is 0 Å². The summed E-state index contributed by atoms with van der Waals surface area (Å²) in [5, 5.41) is 0. The molecular formula is C10H14F2NO4P. The number of pyridine rings is 1. The number of aromatic nitrogens is 1. The summed E-state index contributed by atoms with van der Waals surface area (Å²) in [5.41, 5.74) is -5.28. The number of alkyl halides is 2. The quantitative estimate of drug-likeness (QED) is 0.814. The van der Waals surface area contributed by atoms with Crippen LogP contribution >= 0.6 is 7.60 Å². The van der Waals surface area contributed by atoms with Gasteiger partial charge in [0, 0.05) is 17.8 Å². The zero-order chi connectivity index (χ0) is 13.8. The molecular weight excluding hydrogens is 267 g/mol. The Morgan fingerprint density at radius 2 is 1.89 bits per heavy atom. The predicted molar refractivity (Wildman–Crippen MR) is 61.8 cm³/mol. The minimum Gasteiger partial charge on any atom is -0.329 e. The number of hydrogen-bond donors (Lipinski definition) is 1. The highest BCUT2D eigenvalue weighted by Crippen LogP contribution is 2.66. The maximum absolute atomic E-state index is 14.1. The van der Waals surface area contributed by atoms with Crippen LogP contribution in [0, 0.1) is 0 Å². The summed E-state index contributed by atoms with van der Waals surface area (Å²) in [4.78, 5) is 13.2. The Labute approximate surface area is 103 Å². The molecule has 0 aliphatic heterocycles. The molecule has 8 heteroatoms. The Morgan fingerprint density at radius 3 is 2.33 bits per heavy atom. The predicted octanol–water partition coefficient (Wildman–Crippen LogP) is 2.69. The average molecular weight is 281 g/mol. The minimum atomic E-state index is -4.65. The lowest BCUT2D eigenvalue weighted by Gasteiger charge is -2.25. The van der Waals surface area contributed by atoms with Gasteiger partial charge in [0.2, 0.25) is 5.56 Å². The largest absolute Gasteiger partial charge is 0.404 e. The minimum absolute atomic E-state index is 0.184. The zero-order valence-corrected chi connectivity index (χ0v) is 10.9. The third kappa shape index (κ3) is 2.85. The Morgan fingerprint density at radius 1 is 1.33 bits per heavy atom. The van der Waals surface area contributed by atoms with Crippen LogP contribution in [0.3, 0.4) is 0 Å². The Hall–Kier alpha value is -1.04. The number of halogens is 2. The van der Waals surface area contributed by atoms with E-state index in [0.717, 1.165) is 12.3 Å². The van der Waals surface area contributed by atoms with Crippen LogP contribution in [0.25, 0.3) is 0 Å². The standard InChI is InChI=1S/C10H14F2NO4P/c1-3-16-18(15,17-4-2)10(11,12)8-5-6-13-9(14)7-8/h5-7H,3-4H2,1-2H3,(H,13,14). The van der Waals surface area contributed by atoms with Crippen LogP contribution in [0.1, 0.15) is 19.4 Å². The SMILES string of the molecule is CCOP(=O)(OCC)C(F)(F)c1cc[nH]c(=O)c1. The summed E-state index contributed by atoms with van der Waals surface area (Å²) < 4.78 is 49.4. The Balaban J connectivity index is 3.24. The molecule has 0 radical (unpaired) electrons. The molecule has 1 heterocycles. The molecule has 0 bridgehead atoms. The lowest BCUT2D eigenvalue weighted by Crippen LogP contribution is -2.20. The van der Waals surface area contributed by atoms with Gasteiger partial charge in [0.25, 0.3) is 0 Å². The van der Waals surface area contributed by atoms with Gasteiger partial charge in [-0.1, -0.05) is 0 Å². The van der Waals surface area contributed by atoms with Crippen molar-refractivity contribution in [1.29, 1.82) is 0 Å². The molecule has 1 aromatic rings. The van der Waals surface area contributed by atoms with E-state index >= 15 is 0 Å². The van der Waals surface area contributed by atoms with Gasteiger partial charge in [-0.25, -0.2) is 0 Å². The van der Waals surface area contributed by atoms with Crippen molar-refractivity contribution >= 4 is 7.60 Å². The van der Waals surface area contributed by atoms with Crippen molar-refractivity contribution < 1.29 is 22.4 Å². The van der Waals surface area contributed by atoms with E-state index in [1.165, 1.54) is 13.8 Å². The molecule has 18 heavy (non-hydrogen) atoms. The number of H-pyrrole nitrogens is 1. The molecule has 0 saturated heterocycles. The van der Waals surface area contributed by atoms with Crippen molar-refractivity contribution in [1.82, 2.24) is 4.98 Å². The number of aromatic amines is 1. The lowest BCUT2D eigenvalue weighted by molar-refractivity contribution is 0.0359. The van der Waals surface area contributed by atoms with Gasteiger partial charge in [0.1, 0.15) is 0 Å². The molecule has 1 N–H and O–H groups in total. The summed E-state index contributed by atoms with van der Waals surface area (Å²) in [6.07, 6.45) is 1.05. The van der Waals surface area contributed by atoms with E-state index in [9.17, 15) is 18.1 Å². The maximum Gasteiger partial charge on any atom is 0.404 e. The number of hydrogen-bond acceptors (Lipinski definition) is 4. The number of rotatable bonds is 6. The van der Waals surface area contributed by atoms with Crippen LogP contribution in [0.4, 0.5) is 8.78 Å². The van der Waals surface area contributed by atoms with Gasteiger partial charge >= 0.3 is 13.3 Å². The molecule has 0 amide bonds. The molecule has 5 nitrogen and oxygen atoms in total. The monoisotopic (exact) mass is 281 g/mol. The van der Waals surface area contributed by atoms with Crippen LogP contribution in [-0.4, -0.2) is 18.2 Å². The van der Waals surface area contributed by atoms with Gasteiger partial charge in [0.15, 0.2) is 0 Å². The van der Waals surface area contributed by atoms with E-state index in [2.05, 4.69) is 14.0 Å². The van der Waals surface area contributed by atoms with Crippen molar-refractivity contribution in [3.05, 3.63) is 34.2 Å². The van der Waals surface area contributed by atoms with Crippen molar-refractivity contribution in [2.45, 2.75) is 19.5 Å². The van der Waals surface area contributed by atoms with E-state index in [-0.39, 0.29) is 13.2 Å².